The third-order valence-corrected chi connectivity index (χ3v) is 1.30. The molecule has 48 valence electrons. The highest BCUT2D eigenvalue weighted by molar-refractivity contribution is 9.09. The average molecular weight is 189 g/mol. The summed E-state index contributed by atoms with van der Waals surface area (Å²) in [6, 6.07) is 0. The average Bonchev–Trinajstić information content (AvgIpc) is 1.90. The summed E-state index contributed by atoms with van der Waals surface area (Å²) in [5, 5.41) is 10.7. The number of hydrogen-bond donors (Lipinski definition) is 1. The second-order valence-corrected chi connectivity index (χ2v) is 2.37. The number of hydrogen-bond acceptors (Lipinski definition) is 3. The van der Waals surface area contributed by atoms with Crippen molar-refractivity contribution in [3.8, 4) is 0 Å². The minimum Gasteiger partial charge on any atom is -0.321 e. The van der Waals surface area contributed by atoms with Crippen molar-refractivity contribution in [2.24, 2.45) is 21.2 Å². The van der Waals surface area contributed by atoms with Crippen LogP contribution in [0.25, 0.3) is 0 Å². The van der Waals surface area contributed by atoms with E-state index in [4.69, 9.17) is 5.84 Å². The number of amidine groups is 1. The van der Waals surface area contributed by atoms with E-state index in [-0.39, 0.29) is 4.95 Å². The van der Waals surface area contributed by atoms with E-state index < -0.39 is 0 Å². The molecule has 0 saturated heterocycles. The maximum atomic E-state index is 4.92. The molecule has 0 aliphatic carbocycles. The van der Waals surface area contributed by atoms with E-state index in [1.165, 1.54) is 0 Å². The molecule has 0 bridgehead atoms. The molecule has 0 amide bonds. The SMILES string of the molecule is N/N=C1/C=CC(Br)N=N1. The quantitative estimate of drug-likeness (QED) is 0.262. The molecule has 2 N–H and O–H groups in total. The first kappa shape index (κ1) is 6.41. The summed E-state index contributed by atoms with van der Waals surface area (Å²) in [5.41, 5.74) is 0. The van der Waals surface area contributed by atoms with Crippen LogP contribution in [-0.2, 0) is 0 Å². The lowest BCUT2D eigenvalue weighted by Gasteiger charge is -1.99. The zero-order chi connectivity index (χ0) is 6.69. The summed E-state index contributed by atoms with van der Waals surface area (Å²) < 4.78 is 0. The van der Waals surface area contributed by atoms with E-state index >= 15 is 0 Å². The highest BCUT2D eigenvalue weighted by atomic mass is 79.9. The molecule has 5 heteroatoms. The van der Waals surface area contributed by atoms with Crippen LogP contribution >= 0.6 is 15.9 Å². The molecule has 0 aromatic heterocycles. The lowest BCUT2D eigenvalue weighted by molar-refractivity contribution is 1.02. The second-order valence-electron chi connectivity index (χ2n) is 1.43. The number of nitrogens with zero attached hydrogens (tertiary/aromatic N) is 3. The van der Waals surface area contributed by atoms with Gasteiger partial charge in [-0.2, -0.15) is 10.2 Å². The Labute approximate surface area is 60.7 Å². The maximum absolute atomic E-state index is 4.92. The topological polar surface area (TPSA) is 63.1 Å². The molecule has 0 radical (unpaired) electrons. The standard InChI is InChI=1S/C4H5BrN4/c5-3-1-2-4(7-6)9-8-3/h1-3H,6H2/b7-4-. The van der Waals surface area contributed by atoms with Crippen molar-refractivity contribution in [2.75, 3.05) is 0 Å². The van der Waals surface area contributed by atoms with Gasteiger partial charge in [0, 0.05) is 0 Å². The molecule has 0 spiro atoms. The highest BCUT2D eigenvalue weighted by Gasteiger charge is 2.01. The van der Waals surface area contributed by atoms with Crippen LogP contribution in [0.1, 0.15) is 0 Å². The van der Waals surface area contributed by atoms with Gasteiger partial charge < -0.3 is 5.84 Å². The van der Waals surface area contributed by atoms with Crippen molar-refractivity contribution < 1.29 is 0 Å². The molecule has 1 heterocycles. The number of alkyl halides is 1. The summed E-state index contributed by atoms with van der Waals surface area (Å²) in [5.74, 6) is 5.37. The Hall–Kier alpha value is -0.710. The molecule has 0 fully saturated rings. The van der Waals surface area contributed by atoms with Crippen LogP contribution in [0.15, 0.2) is 27.5 Å². The molecule has 0 aromatic carbocycles. The molecule has 1 aliphatic heterocycles. The van der Waals surface area contributed by atoms with E-state index in [1.54, 1.807) is 12.2 Å². The molecule has 4 nitrogen and oxygen atoms in total. The smallest absolute Gasteiger partial charge is 0.192 e. The summed E-state index contributed by atoms with van der Waals surface area (Å²) in [7, 11) is 0. The summed E-state index contributed by atoms with van der Waals surface area (Å²) >= 11 is 3.20. The first-order valence-corrected chi connectivity index (χ1v) is 3.25. The van der Waals surface area contributed by atoms with Gasteiger partial charge in [0.15, 0.2) is 5.84 Å². The summed E-state index contributed by atoms with van der Waals surface area (Å²) in [6.45, 7) is 0. The van der Waals surface area contributed by atoms with Gasteiger partial charge in [0.1, 0.15) is 4.95 Å². The van der Waals surface area contributed by atoms with Crippen molar-refractivity contribution in [1.29, 1.82) is 0 Å². The van der Waals surface area contributed by atoms with Crippen LogP contribution in [0.4, 0.5) is 0 Å². The summed E-state index contributed by atoms with van der Waals surface area (Å²) in [6.07, 6.45) is 3.51. The molecule has 1 rings (SSSR count). The fourth-order valence-electron chi connectivity index (χ4n) is 0.420. The Balaban J connectivity index is 2.70. The minimum atomic E-state index is -0.0250. The van der Waals surface area contributed by atoms with Gasteiger partial charge in [-0.1, -0.05) is 15.9 Å². The van der Waals surface area contributed by atoms with E-state index in [9.17, 15) is 0 Å². The highest BCUT2D eigenvalue weighted by Crippen LogP contribution is 2.08. The number of azo groups is 1. The first-order chi connectivity index (χ1) is 4.33. The van der Waals surface area contributed by atoms with Gasteiger partial charge in [-0.15, -0.1) is 5.11 Å². The molecular weight excluding hydrogens is 184 g/mol. The Bertz CT molecular complexity index is 167. The lowest BCUT2D eigenvalue weighted by atomic mass is 10.4. The van der Waals surface area contributed by atoms with Gasteiger partial charge in [-0.25, -0.2) is 0 Å². The molecule has 0 saturated carbocycles. The summed E-state index contributed by atoms with van der Waals surface area (Å²) in [4.78, 5) is -0.0250. The normalized spacial score (nSPS) is 29.4. The number of halogens is 1. The molecule has 1 atom stereocenters. The third kappa shape index (κ3) is 1.60. The fourth-order valence-corrected chi connectivity index (χ4v) is 0.665. The predicted molar refractivity (Wildman–Crippen MR) is 38.3 cm³/mol. The van der Waals surface area contributed by atoms with Crippen molar-refractivity contribution in [1.82, 2.24) is 0 Å². The van der Waals surface area contributed by atoms with Gasteiger partial charge in [-0.05, 0) is 12.2 Å². The van der Waals surface area contributed by atoms with Crippen LogP contribution in [-0.4, -0.2) is 10.8 Å². The van der Waals surface area contributed by atoms with Crippen LogP contribution in [0.2, 0.25) is 0 Å². The fraction of sp³-hybridized carbons (Fsp3) is 0.250. The van der Waals surface area contributed by atoms with Gasteiger partial charge in [-0.3, -0.25) is 0 Å². The van der Waals surface area contributed by atoms with Crippen molar-refractivity contribution in [2.45, 2.75) is 4.95 Å². The Morgan fingerprint density at radius 3 is 3.00 bits per heavy atom. The number of hydrazone groups is 1. The van der Waals surface area contributed by atoms with Gasteiger partial charge in [0.05, 0.1) is 0 Å². The zero-order valence-corrected chi connectivity index (χ0v) is 6.12. The number of nitrogens with two attached hydrogens (primary N) is 1. The predicted octanol–water partition coefficient (Wildman–Crippen LogP) is 1.00. The Morgan fingerprint density at radius 1 is 1.78 bits per heavy atom. The van der Waals surface area contributed by atoms with Crippen LogP contribution in [0.3, 0.4) is 0 Å². The first-order valence-electron chi connectivity index (χ1n) is 2.34. The lowest BCUT2D eigenvalue weighted by Crippen LogP contribution is -2.00. The Kier molecular flexibility index (Phi) is 1.94. The second kappa shape index (κ2) is 2.72. The van der Waals surface area contributed by atoms with E-state index in [1.807, 2.05) is 0 Å². The molecule has 0 aromatic rings. The Morgan fingerprint density at radius 2 is 2.56 bits per heavy atom. The largest absolute Gasteiger partial charge is 0.321 e. The van der Waals surface area contributed by atoms with Gasteiger partial charge in [0.2, 0.25) is 0 Å². The van der Waals surface area contributed by atoms with Crippen LogP contribution < -0.4 is 5.84 Å². The minimum absolute atomic E-state index is 0.0250. The van der Waals surface area contributed by atoms with E-state index in [0.29, 0.717) is 5.84 Å². The molecule has 9 heavy (non-hydrogen) atoms. The van der Waals surface area contributed by atoms with Crippen molar-refractivity contribution in [3.63, 3.8) is 0 Å². The third-order valence-electron chi connectivity index (χ3n) is 0.807. The van der Waals surface area contributed by atoms with Gasteiger partial charge in [0.25, 0.3) is 0 Å². The van der Waals surface area contributed by atoms with E-state index in [0.717, 1.165) is 0 Å². The van der Waals surface area contributed by atoms with E-state index in [2.05, 4.69) is 31.3 Å². The maximum Gasteiger partial charge on any atom is 0.192 e. The molecule has 1 aliphatic rings. The van der Waals surface area contributed by atoms with Crippen LogP contribution in [0.5, 0.6) is 0 Å². The van der Waals surface area contributed by atoms with Crippen molar-refractivity contribution in [3.05, 3.63) is 12.2 Å². The molecular formula is C4H5BrN4. The monoisotopic (exact) mass is 188 g/mol. The van der Waals surface area contributed by atoms with Gasteiger partial charge >= 0.3 is 0 Å². The van der Waals surface area contributed by atoms with Crippen molar-refractivity contribution >= 4 is 21.8 Å². The number of rotatable bonds is 0. The zero-order valence-electron chi connectivity index (χ0n) is 4.53. The van der Waals surface area contributed by atoms with Crippen LogP contribution in [0, 0.1) is 0 Å². The molecule has 1 unspecified atom stereocenters.